The molecule has 0 radical (unpaired) electrons. The van der Waals surface area contributed by atoms with Crippen LogP contribution < -0.4 is 14.8 Å². The lowest BCUT2D eigenvalue weighted by Crippen LogP contribution is -2.14. The highest BCUT2D eigenvalue weighted by Gasteiger charge is 2.14. The topological polar surface area (TPSA) is 71.3 Å². The second kappa shape index (κ2) is 9.95. The normalized spacial score (nSPS) is 10.8. The Morgan fingerprint density at radius 3 is 2.75 bits per heavy atom. The molecule has 2 rings (SSSR count). The number of anilines is 1. The predicted octanol–water partition coefficient (Wildman–Crippen LogP) is 5.03. The molecule has 0 bridgehead atoms. The Morgan fingerprint density at radius 2 is 2.11 bits per heavy atom. The first kappa shape index (κ1) is 21.5. The SMILES string of the molecule is C=CCOc1c(I)cc(/C=C(/C#N)C(=O)Nc2cccc(C)c2C)cc1OC. The van der Waals surface area contributed by atoms with Crippen LogP contribution in [0, 0.1) is 28.7 Å². The van der Waals surface area contributed by atoms with Gasteiger partial charge in [-0.05, 0) is 77.4 Å². The Kier molecular flexibility index (Phi) is 7.64. The highest BCUT2D eigenvalue weighted by atomic mass is 127. The summed E-state index contributed by atoms with van der Waals surface area (Å²) in [5.74, 6) is 0.655. The summed E-state index contributed by atoms with van der Waals surface area (Å²) >= 11 is 2.13. The number of benzene rings is 2. The third-order valence-electron chi connectivity index (χ3n) is 4.13. The second-order valence-electron chi connectivity index (χ2n) is 6.01. The van der Waals surface area contributed by atoms with Crippen LogP contribution in [0.15, 0.2) is 48.6 Å². The third kappa shape index (κ3) is 5.14. The number of nitrogens with zero attached hydrogens (tertiary/aromatic N) is 1. The average Bonchev–Trinajstić information content (AvgIpc) is 2.68. The molecular formula is C22H21IN2O3. The van der Waals surface area contributed by atoms with E-state index >= 15 is 0 Å². The molecule has 2 aromatic rings. The highest BCUT2D eigenvalue weighted by molar-refractivity contribution is 14.1. The van der Waals surface area contributed by atoms with Crippen molar-refractivity contribution in [2.75, 3.05) is 19.0 Å². The van der Waals surface area contributed by atoms with Crippen molar-refractivity contribution in [1.82, 2.24) is 0 Å². The molecule has 0 heterocycles. The third-order valence-corrected chi connectivity index (χ3v) is 4.93. The fourth-order valence-corrected chi connectivity index (χ4v) is 3.28. The predicted molar refractivity (Wildman–Crippen MR) is 120 cm³/mol. The summed E-state index contributed by atoms with van der Waals surface area (Å²) in [4.78, 5) is 12.6. The minimum absolute atomic E-state index is 0.00137. The molecule has 0 aromatic heterocycles. The first-order valence-corrected chi connectivity index (χ1v) is 9.59. The van der Waals surface area contributed by atoms with Crippen molar-refractivity contribution >= 4 is 40.3 Å². The van der Waals surface area contributed by atoms with Crippen LogP contribution in [0.5, 0.6) is 11.5 Å². The molecule has 5 nitrogen and oxygen atoms in total. The Hall–Kier alpha value is -2.79. The molecule has 2 aromatic carbocycles. The summed E-state index contributed by atoms with van der Waals surface area (Å²) in [5.41, 5.74) is 3.38. The molecule has 6 heteroatoms. The fraction of sp³-hybridized carbons (Fsp3) is 0.182. The molecule has 0 aliphatic carbocycles. The van der Waals surface area contributed by atoms with E-state index < -0.39 is 5.91 Å². The summed E-state index contributed by atoms with van der Waals surface area (Å²) < 4.78 is 11.8. The van der Waals surface area contributed by atoms with Crippen LogP contribution in [0.1, 0.15) is 16.7 Å². The Balaban J connectivity index is 2.34. The van der Waals surface area contributed by atoms with E-state index in [9.17, 15) is 10.1 Å². The highest BCUT2D eigenvalue weighted by Crippen LogP contribution is 2.34. The molecule has 0 fully saturated rings. The number of aryl methyl sites for hydroxylation is 1. The van der Waals surface area contributed by atoms with Gasteiger partial charge in [0.15, 0.2) is 11.5 Å². The van der Waals surface area contributed by atoms with Gasteiger partial charge in [-0.1, -0.05) is 24.8 Å². The van der Waals surface area contributed by atoms with Gasteiger partial charge in [0, 0.05) is 5.69 Å². The van der Waals surface area contributed by atoms with Gasteiger partial charge >= 0.3 is 0 Å². The Bertz CT molecular complexity index is 974. The molecule has 144 valence electrons. The number of nitrogens with one attached hydrogen (secondary N) is 1. The van der Waals surface area contributed by atoms with Crippen LogP contribution in [0.2, 0.25) is 0 Å². The first-order chi connectivity index (χ1) is 13.4. The van der Waals surface area contributed by atoms with E-state index in [-0.39, 0.29) is 5.57 Å². The van der Waals surface area contributed by atoms with Crippen LogP contribution in [-0.4, -0.2) is 19.6 Å². The number of rotatable bonds is 7. The Morgan fingerprint density at radius 1 is 1.36 bits per heavy atom. The van der Waals surface area contributed by atoms with Crippen molar-refractivity contribution in [3.8, 4) is 17.6 Å². The average molecular weight is 488 g/mol. The smallest absolute Gasteiger partial charge is 0.266 e. The van der Waals surface area contributed by atoms with Crippen LogP contribution in [0.3, 0.4) is 0 Å². The number of methoxy groups -OCH3 is 1. The number of carbonyl (C=O) groups is 1. The summed E-state index contributed by atoms with van der Waals surface area (Å²) in [7, 11) is 1.54. The monoisotopic (exact) mass is 488 g/mol. The molecule has 1 N–H and O–H groups in total. The zero-order valence-electron chi connectivity index (χ0n) is 16.0. The van der Waals surface area contributed by atoms with E-state index in [2.05, 4.69) is 34.5 Å². The maximum absolute atomic E-state index is 12.6. The van der Waals surface area contributed by atoms with Gasteiger partial charge in [0.2, 0.25) is 0 Å². The lowest BCUT2D eigenvalue weighted by atomic mass is 10.1. The van der Waals surface area contributed by atoms with Gasteiger partial charge in [-0.25, -0.2) is 0 Å². The van der Waals surface area contributed by atoms with E-state index in [1.54, 1.807) is 12.1 Å². The quantitative estimate of drug-likeness (QED) is 0.257. The maximum atomic E-state index is 12.6. The number of amides is 1. The van der Waals surface area contributed by atoms with Crippen LogP contribution in [0.4, 0.5) is 5.69 Å². The van der Waals surface area contributed by atoms with E-state index in [1.165, 1.54) is 13.2 Å². The molecule has 28 heavy (non-hydrogen) atoms. The number of carbonyl (C=O) groups excluding carboxylic acids is 1. The van der Waals surface area contributed by atoms with Gasteiger partial charge < -0.3 is 14.8 Å². The van der Waals surface area contributed by atoms with Gasteiger partial charge in [-0.2, -0.15) is 5.26 Å². The number of halogens is 1. The first-order valence-electron chi connectivity index (χ1n) is 8.51. The molecule has 0 aliphatic rings. The lowest BCUT2D eigenvalue weighted by molar-refractivity contribution is -0.112. The minimum Gasteiger partial charge on any atom is -0.493 e. The Labute approximate surface area is 178 Å². The van der Waals surface area contributed by atoms with Gasteiger partial charge in [0.1, 0.15) is 18.2 Å². The molecular weight excluding hydrogens is 467 g/mol. The van der Waals surface area contributed by atoms with Crippen molar-refractivity contribution in [1.29, 1.82) is 5.26 Å². The molecule has 0 aliphatic heterocycles. The summed E-state index contributed by atoms with van der Waals surface area (Å²) in [6, 6.07) is 11.2. The number of hydrogen-bond donors (Lipinski definition) is 1. The van der Waals surface area contributed by atoms with Gasteiger partial charge in [0.25, 0.3) is 5.91 Å². The molecule has 0 spiro atoms. The summed E-state index contributed by atoms with van der Waals surface area (Å²) in [6.45, 7) is 7.88. The number of nitriles is 1. The van der Waals surface area contributed by atoms with Crippen LogP contribution >= 0.6 is 22.6 Å². The fourth-order valence-electron chi connectivity index (χ4n) is 2.50. The van der Waals surface area contributed by atoms with E-state index in [0.29, 0.717) is 29.4 Å². The molecule has 0 unspecified atom stereocenters. The summed E-state index contributed by atoms with van der Waals surface area (Å²) in [6.07, 6.45) is 3.18. The standard InChI is InChI=1S/C22H21IN2O3/c1-5-9-28-21-18(23)11-16(12-20(21)27-4)10-17(13-24)22(26)25-19-8-6-7-14(2)15(19)3/h5-8,10-12H,1,9H2,2-4H3,(H,25,26)/b17-10-. The second-order valence-corrected chi connectivity index (χ2v) is 7.17. The van der Waals surface area contributed by atoms with E-state index in [4.69, 9.17) is 9.47 Å². The molecule has 0 saturated heterocycles. The van der Waals surface area contributed by atoms with Crippen LogP contribution in [0.25, 0.3) is 6.08 Å². The largest absolute Gasteiger partial charge is 0.493 e. The number of hydrogen-bond acceptors (Lipinski definition) is 4. The van der Waals surface area contributed by atoms with E-state index in [0.717, 1.165) is 14.7 Å². The van der Waals surface area contributed by atoms with Gasteiger partial charge in [0.05, 0.1) is 10.7 Å². The zero-order valence-corrected chi connectivity index (χ0v) is 18.2. The number of ether oxygens (including phenoxy) is 2. The summed E-state index contributed by atoms with van der Waals surface area (Å²) in [5, 5.41) is 12.3. The molecule has 0 atom stereocenters. The lowest BCUT2D eigenvalue weighted by Gasteiger charge is -2.13. The zero-order chi connectivity index (χ0) is 20.7. The van der Waals surface area contributed by atoms with Crippen molar-refractivity contribution in [2.24, 2.45) is 0 Å². The van der Waals surface area contributed by atoms with Crippen LogP contribution in [-0.2, 0) is 4.79 Å². The molecule has 0 saturated carbocycles. The van der Waals surface area contributed by atoms with Crippen molar-refractivity contribution in [3.05, 3.63) is 68.8 Å². The minimum atomic E-state index is -0.461. The van der Waals surface area contributed by atoms with Gasteiger partial charge in [-0.3, -0.25) is 4.79 Å². The maximum Gasteiger partial charge on any atom is 0.266 e. The van der Waals surface area contributed by atoms with Crippen molar-refractivity contribution in [2.45, 2.75) is 13.8 Å². The van der Waals surface area contributed by atoms with Crippen molar-refractivity contribution in [3.63, 3.8) is 0 Å². The van der Waals surface area contributed by atoms with Gasteiger partial charge in [-0.15, -0.1) is 0 Å². The van der Waals surface area contributed by atoms with Crippen molar-refractivity contribution < 1.29 is 14.3 Å². The molecule has 1 amide bonds. The van der Waals surface area contributed by atoms with E-state index in [1.807, 2.05) is 44.2 Å².